The molecule has 76 valence electrons. The lowest BCUT2D eigenvalue weighted by Gasteiger charge is -1.88. The molecule has 0 saturated heterocycles. The van der Waals surface area contributed by atoms with Gasteiger partial charge in [0.05, 0.1) is 0 Å². The van der Waals surface area contributed by atoms with Crippen LogP contribution in [0.4, 0.5) is 0 Å². The van der Waals surface area contributed by atoms with Gasteiger partial charge in [0.25, 0.3) is 0 Å². The summed E-state index contributed by atoms with van der Waals surface area (Å²) in [4.78, 5) is 3.78. The second-order valence-electron chi connectivity index (χ2n) is 2.11. The number of allylic oxidation sites excluding steroid dienone is 2. The van der Waals surface area contributed by atoms with Crippen LogP contribution in [-0.2, 0) is 0 Å². The fourth-order valence-corrected chi connectivity index (χ4v) is 1.19. The number of rotatable bonds is 0. The minimum absolute atomic E-state index is 1.15. The van der Waals surface area contributed by atoms with Crippen molar-refractivity contribution >= 4 is 11.8 Å². The fourth-order valence-electron chi connectivity index (χ4n) is 0.659. The molecule has 0 N–H and O–H groups in total. The fraction of sp³-hybridized carbons (Fsp3) is 0.250. The highest BCUT2D eigenvalue weighted by Gasteiger charge is 1.77. The Kier molecular flexibility index (Phi) is 11.1. The molecule has 2 heterocycles. The summed E-state index contributed by atoms with van der Waals surface area (Å²) in [6, 6.07) is 5.72. The maximum Gasteiger partial charge on any atom is 0.0267 e. The maximum atomic E-state index is 3.78. The van der Waals surface area contributed by atoms with Crippen LogP contribution >= 0.6 is 11.8 Å². The zero-order chi connectivity index (χ0) is 10.5. The topological polar surface area (TPSA) is 12.9 Å². The Labute approximate surface area is 91.0 Å². The maximum absolute atomic E-state index is 3.78. The molecule has 1 aliphatic rings. The highest BCUT2D eigenvalue weighted by Crippen LogP contribution is 2.05. The zero-order valence-corrected chi connectivity index (χ0v) is 9.58. The molecule has 0 unspecified atom stereocenters. The highest BCUT2D eigenvalue weighted by atomic mass is 32.2. The summed E-state index contributed by atoms with van der Waals surface area (Å²) < 4.78 is 0. The minimum atomic E-state index is 1.15. The van der Waals surface area contributed by atoms with Gasteiger partial charge >= 0.3 is 0 Å². The van der Waals surface area contributed by atoms with E-state index in [1.807, 2.05) is 49.9 Å². The van der Waals surface area contributed by atoms with Crippen molar-refractivity contribution in [3.63, 3.8) is 0 Å². The van der Waals surface area contributed by atoms with E-state index in [1.54, 1.807) is 12.4 Å². The quantitative estimate of drug-likeness (QED) is 0.639. The van der Waals surface area contributed by atoms with Crippen molar-refractivity contribution in [1.29, 1.82) is 0 Å². The summed E-state index contributed by atoms with van der Waals surface area (Å²) >= 11 is 1.83. The molecule has 0 bridgehead atoms. The lowest BCUT2D eigenvalue weighted by molar-refractivity contribution is 1.33. The van der Waals surface area contributed by atoms with Crippen molar-refractivity contribution < 1.29 is 0 Å². The molecule has 2 heteroatoms. The van der Waals surface area contributed by atoms with E-state index in [-0.39, 0.29) is 0 Å². The number of pyridine rings is 1. The second kappa shape index (κ2) is 12.0. The van der Waals surface area contributed by atoms with E-state index >= 15 is 0 Å². The molecule has 0 atom stereocenters. The Morgan fingerprint density at radius 2 is 1.71 bits per heavy atom. The Hall–Kier alpha value is -1.02. The van der Waals surface area contributed by atoms with Gasteiger partial charge in [-0.1, -0.05) is 38.1 Å². The molecule has 0 spiro atoms. The molecule has 0 fully saturated rings. The van der Waals surface area contributed by atoms with Crippen LogP contribution in [0.25, 0.3) is 0 Å². The average Bonchev–Trinajstić information content (AvgIpc) is 2.37. The van der Waals surface area contributed by atoms with E-state index in [9.17, 15) is 0 Å². The average molecular weight is 207 g/mol. The first-order valence-electron chi connectivity index (χ1n) is 4.78. The lowest BCUT2D eigenvalue weighted by atomic mass is 10.5. The molecule has 2 rings (SSSR count). The molecule has 1 aliphatic heterocycles. The number of aromatic nitrogens is 1. The number of hydrogen-bond donors (Lipinski definition) is 0. The summed E-state index contributed by atoms with van der Waals surface area (Å²) in [6.45, 7) is 4.00. The van der Waals surface area contributed by atoms with Crippen LogP contribution in [0.3, 0.4) is 0 Å². The van der Waals surface area contributed by atoms with E-state index < -0.39 is 0 Å². The first kappa shape index (κ1) is 13.0. The SMILES string of the molecule is C1=CCSC=C1.CC.c1ccncc1. The monoisotopic (exact) mass is 207 g/mol. The van der Waals surface area contributed by atoms with Gasteiger partial charge in [0.2, 0.25) is 0 Å². The molecule has 1 aromatic rings. The normalized spacial score (nSPS) is 11.9. The molecule has 1 aromatic heterocycles. The van der Waals surface area contributed by atoms with Gasteiger partial charge in [0, 0.05) is 18.1 Å². The highest BCUT2D eigenvalue weighted by molar-refractivity contribution is 8.02. The first-order chi connectivity index (χ1) is 7.00. The minimum Gasteiger partial charge on any atom is -0.265 e. The van der Waals surface area contributed by atoms with Crippen molar-refractivity contribution in [3.05, 3.63) is 54.2 Å². The summed E-state index contributed by atoms with van der Waals surface area (Å²) in [6.07, 6.45) is 9.76. The molecule has 14 heavy (non-hydrogen) atoms. The van der Waals surface area contributed by atoms with Gasteiger partial charge in [0.1, 0.15) is 0 Å². The van der Waals surface area contributed by atoms with E-state index in [1.165, 1.54) is 0 Å². The summed E-state index contributed by atoms with van der Waals surface area (Å²) in [5.41, 5.74) is 0. The third kappa shape index (κ3) is 9.07. The van der Waals surface area contributed by atoms with Gasteiger partial charge in [0.15, 0.2) is 0 Å². The van der Waals surface area contributed by atoms with Gasteiger partial charge < -0.3 is 0 Å². The molecule has 0 radical (unpaired) electrons. The number of thioether (sulfide) groups is 1. The predicted molar refractivity (Wildman–Crippen MR) is 66.3 cm³/mol. The predicted octanol–water partition coefficient (Wildman–Crippen LogP) is 3.91. The Balaban J connectivity index is 0.000000206. The Morgan fingerprint density at radius 1 is 1.00 bits per heavy atom. The molecule has 1 nitrogen and oxygen atoms in total. The molecule has 0 saturated carbocycles. The largest absolute Gasteiger partial charge is 0.265 e. The van der Waals surface area contributed by atoms with Crippen molar-refractivity contribution in [2.45, 2.75) is 13.8 Å². The number of nitrogens with zero attached hydrogens (tertiary/aromatic N) is 1. The van der Waals surface area contributed by atoms with E-state index in [0.29, 0.717) is 0 Å². The van der Waals surface area contributed by atoms with Crippen LogP contribution in [0.1, 0.15) is 13.8 Å². The Bertz CT molecular complexity index is 203. The third-order valence-electron chi connectivity index (χ3n) is 1.18. The zero-order valence-electron chi connectivity index (χ0n) is 8.76. The molecule has 0 amide bonds. The van der Waals surface area contributed by atoms with Gasteiger partial charge in [-0.15, -0.1) is 11.8 Å². The molecular weight excluding hydrogens is 190 g/mol. The van der Waals surface area contributed by atoms with Crippen LogP contribution in [0.2, 0.25) is 0 Å². The molecule has 0 aromatic carbocycles. The van der Waals surface area contributed by atoms with Crippen molar-refractivity contribution in [2.75, 3.05) is 5.75 Å². The van der Waals surface area contributed by atoms with Gasteiger partial charge in [-0.2, -0.15) is 0 Å². The second-order valence-corrected chi connectivity index (χ2v) is 3.05. The van der Waals surface area contributed by atoms with Crippen molar-refractivity contribution in [2.24, 2.45) is 0 Å². The smallest absolute Gasteiger partial charge is 0.0267 e. The van der Waals surface area contributed by atoms with E-state index in [2.05, 4.69) is 22.5 Å². The standard InChI is InChI=1S/C5H5N.C5H6S.C2H6/c2*1-2-4-6-5-3-1;1-2/h1-5H;1-4H,5H2;1-2H3. The van der Waals surface area contributed by atoms with Gasteiger partial charge in [-0.05, 0) is 17.5 Å². The Morgan fingerprint density at radius 3 is 1.86 bits per heavy atom. The third-order valence-corrected chi connectivity index (χ3v) is 1.92. The van der Waals surface area contributed by atoms with Gasteiger partial charge in [-0.3, -0.25) is 4.98 Å². The van der Waals surface area contributed by atoms with Gasteiger partial charge in [-0.25, -0.2) is 0 Å². The lowest BCUT2D eigenvalue weighted by Crippen LogP contribution is -1.67. The van der Waals surface area contributed by atoms with Crippen LogP contribution in [-0.4, -0.2) is 10.7 Å². The van der Waals surface area contributed by atoms with Crippen LogP contribution in [0.15, 0.2) is 54.2 Å². The first-order valence-corrected chi connectivity index (χ1v) is 5.83. The number of hydrogen-bond acceptors (Lipinski definition) is 2. The van der Waals surface area contributed by atoms with Crippen LogP contribution in [0.5, 0.6) is 0 Å². The van der Waals surface area contributed by atoms with Crippen LogP contribution < -0.4 is 0 Å². The van der Waals surface area contributed by atoms with Crippen molar-refractivity contribution in [3.8, 4) is 0 Å². The molecule has 0 aliphatic carbocycles. The summed E-state index contributed by atoms with van der Waals surface area (Å²) in [5, 5.41) is 2.10. The van der Waals surface area contributed by atoms with Crippen LogP contribution in [0, 0.1) is 0 Å². The summed E-state index contributed by atoms with van der Waals surface area (Å²) in [7, 11) is 0. The van der Waals surface area contributed by atoms with E-state index in [0.717, 1.165) is 5.75 Å². The molecular formula is C12H17NS. The van der Waals surface area contributed by atoms with Crippen molar-refractivity contribution in [1.82, 2.24) is 4.98 Å². The summed E-state index contributed by atoms with van der Waals surface area (Å²) in [5.74, 6) is 1.15. The van der Waals surface area contributed by atoms with E-state index in [4.69, 9.17) is 0 Å².